The lowest BCUT2D eigenvalue weighted by Crippen LogP contribution is -2.55. The summed E-state index contributed by atoms with van der Waals surface area (Å²) in [5, 5.41) is 7.57. The van der Waals surface area contributed by atoms with Crippen LogP contribution in [0, 0.1) is 0 Å². The van der Waals surface area contributed by atoms with Gasteiger partial charge in [0.2, 0.25) is 0 Å². The van der Waals surface area contributed by atoms with E-state index in [2.05, 4.69) is 88.2 Å². The van der Waals surface area contributed by atoms with Crippen LogP contribution in [0.4, 0.5) is 11.4 Å². The molecule has 2 aromatic carbocycles. The van der Waals surface area contributed by atoms with Crippen molar-refractivity contribution in [3.63, 3.8) is 0 Å². The Morgan fingerprint density at radius 3 is 2.69 bits per heavy atom. The first-order chi connectivity index (χ1) is 12.7. The molecule has 1 unspecified atom stereocenters. The minimum atomic E-state index is 0.424. The molecule has 0 aromatic heterocycles. The van der Waals surface area contributed by atoms with E-state index in [4.69, 9.17) is 12.2 Å². The molecular formula is C21H24N4S. The summed E-state index contributed by atoms with van der Waals surface area (Å²) in [6.07, 6.45) is 2.05. The molecule has 0 amide bonds. The lowest BCUT2D eigenvalue weighted by atomic mass is 10.1. The minimum absolute atomic E-state index is 0.424. The maximum absolute atomic E-state index is 5.65. The predicted molar refractivity (Wildman–Crippen MR) is 113 cm³/mol. The summed E-state index contributed by atoms with van der Waals surface area (Å²) in [5.74, 6) is 0. The van der Waals surface area contributed by atoms with Crippen molar-refractivity contribution >= 4 is 34.3 Å². The molecule has 1 fully saturated rings. The molecule has 2 heterocycles. The zero-order valence-corrected chi connectivity index (χ0v) is 15.8. The summed E-state index contributed by atoms with van der Waals surface area (Å²) < 4.78 is 0. The molecule has 5 heteroatoms. The van der Waals surface area contributed by atoms with Crippen LogP contribution < -0.4 is 15.5 Å². The predicted octanol–water partition coefficient (Wildman–Crippen LogP) is 3.54. The number of para-hydroxylation sites is 2. The van der Waals surface area contributed by atoms with Crippen molar-refractivity contribution in [2.24, 2.45) is 0 Å². The molecule has 0 saturated carbocycles. The number of hydrogen-bond donors (Lipinski definition) is 2. The SMILES string of the molecule is CC1CN(C(=S)N/C=C2/CNc3ccccc32)CCN1c1ccccc1. The summed E-state index contributed by atoms with van der Waals surface area (Å²) in [6.45, 7) is 5.94. The van der Waals surface area contributed by atoms with E-state index in [1.807, 2.05) is 0 Å². The van der Waals surface area contributed by atoms with E-state index in [0.29, 0.717) is 6.04 Å². The molecule has 0 radical (unpaired) electrons. The number of nitrogens with zero attached hydrogens (tertiary/aromatic N) is 2. The number of hydrogen-bond acceptors (Lipinski definition) is 3. The standard InChI is InChI=1S/C21H24N4S/c1-16-15-24(11-12-25(16)18-7-3-2-4-8-18)21(26)23-14-17-13-22-20-10-6-5-9-19(17)20/h2-10,14,16,22H,11-13,15H2,1H3,(H,23,26)/b17-14-. The third kappa shape index (κ3) is 3.40. The molecule has 2 aromatic rings. The van der Waals surface area contributed by atoms with Crippen molar-refractivity contribution in [2.45, 2.75) is 13.0 Å². The molecule has 2 N–H and O–H groups in total. The Morgan fingerprint density at radius 1 is 1.12 bits per heavy atom. The first kappa shape index (κ1) is 16.9. The summed E-state index contributed by atoms with van der Waals surface area (Å²) >= 11 is 5.65. The lowest BCUT2D eigenvalue weighted by molar-refractivity contribution is 0.337. The fraction of sp³-hybridized carbons (Fsp3) is 0.286. The number of thiocarbonyl (C=S) groups is 1. The Labute approximate surface area is 160 Å². The Bertz CT molecular complexity index is 818. The molecule has 1 atom stereocenters. The zero-order chi connectivity index (χ0) is 17.9. The molecule has 4 rings (SSSR count). The van der Waals surface area contributed by atoms with Gasteiger partial charge in [-0.15, -0.1) is 0 Å². The molecule has 0 spiro atoms. The highest BCUT2D eigenvalue weighted by Crippen LogP contribution is 2.29. The van der Waals surface area contributed by atoms with Crippen LogP contribution in [-0.4, -0.2) is 42.2 Å². The molecule has 0 aliphatic carbocycles. The number of fused-ring (bicyclic) bond motifs is 1. The van der Waals surface area contributed by atoms with Gasteiger partial charge in [0.25, 0.3) is 0 Å². The summed E-state index contributed by atoms with van der Waals surface area (Å²) in [4.78, 5) is 4.72. The number of piperazine rings is 1. The highest BCUT2D eigenvalue weighted by atomic mass is 32.1. The fourth-order valence-electron chi connectivity index (χ4n) is 3.72. The minimum Gasteiger partial charge on any atom is -0.380 e. The van der Waals surface area contributed by atoms with Crippen LogP contribution >= 0.6 is 12.2 Å². The third-order valence-electron chi connectivity index (χ3n) is 5.11. The smallest absolute Gasteiger partial charge is 0.173 e. The first-order valence-electron chi connectivity index (χ1n) is 9.12. The Kier molecular flexibility index (Phi) is 4.80. The maximum atomic E-state index is 5.65. The van der Waals surface area contributed by atoms with Crippen molar-refractivity contribution in [3.05, 3.63) is 66.4 Å². The molecular weight excluding hydrogens is 340 g/mol. The van der Waals surface area contributed by atoms with Crippen LogP contribution in [0.2, 0.25) is 0 Å². The van der Waals surface area contributed by atoms with E-state index in [1.54, 1.807) is 0 Å². The zero-order valence-electron chi connectivity index (χ0n) is 15.0. The number of anilines is 2. The van der Waals surface area contributed by atoms with Crippen LogP contribution in [0.15, 0.2) is 60.8 Å². The number of rotatable bonds is 2. The van der Waals surface area contributed by atoms with Gasteiger partial charge in [0.05, 0.1) is 0 Å². The van der Waals surface area contributed by atoms with E-state index in [9.17, 15) is 0 Å². The normalized spacial score (nSPS) is 20.7. The van der Waals surface area contributed by atoms with Gasteiger partial charge in [0, 0.05) is 55.4 Å². The summed E-state index contributed by atoms with van der Waals surface area (Å²) in [7, 11) is 0. The van der Waals surface area contributed by atoms with E-state index < -0.39 is 0 Å². The van der Waals surface area contributed by atoms with Gasteiger partial charge >= 0.3 is 0 Å². The molecule has 2 aliphatic heterocycles. The van der Waals surface area contributed by atoms with Crippen LogP contribution in [0.3, 0.4) is 0 Å². The molecule has 4 nitrogen and oxygen atoms in total. The second-order valence-corrected chi connectivity index (χ2v) is 7.23. The topological polar surface area (TPSA) is 30.5 Å². The average molecular weight is 365 g/mol. The van der Waals surface area contributed by atoms with E-state index in [1.165, 1.54) is 22.5 Å². The van der Waals surface area contributed by atoms with Gasteiger partial charge in [-0.2, -0.15) is 0 Å². The molecule has 1 saturated heterocycles. The largest absolute Gasteiger partial charge is 0.380 e. The van der Waals surface area contributed by atoms with Crippen molar-refractivity contribution in [2.75, 3.05) is 36.4 Å². The molecule has 26 heavy (non-hydrogen) atoms. The van der Waals surface area contributed by atoms with Crippen molar-refractivity contribution < 1.29 is 0 Å². The van der Waals surface area contributed by atoms with Gasteiger partial charge in [0.1, 0.15) is 0 Å². The Morgan fingerprint density at radius 2 is 1.88 bits per heavy atom. The second-order valence-electron chi connectivity index (χ2n) is 6.84. The number of benzene rings is 2. The molecule has 2 aliphatic rings. The van der Waals surface area contributed by atoms with Crippen molar-refractivity contribution in [1.82, 2.24) is 10.2 Å². The van der Waals surface area contributed by atoms with Crippen molar-refractivity contribution in [3.8, 4) is 0 Å². The van der Waals surface area contributed by atoms with Gasteiger partial charge in [-0.05, 0) is 42.9 Å². The van der Waals surface area contributed by atoms with Gasteiger partial charge < -0.3 is 20.4 Å². The van der Waals surface area contributed by atoms with E-state index in [0.717, 1.165) is 31.3 Å². The van der Waals surface area contributed by atoms with Gasteiger partial charge in [-0.25, -0.2) is 0 Å². The summed E-state index contributed by atoms with van der Waals surface area (Å²) in [6, 6.07) is 19.4. The first-order valence-corrected chi connectivity index (χ1v) is 9.52. The van der Waals surface area contributed by atoms with Crippen LogP contribution in [0.1, 0.15) is 12.5 Å². The number of nitrogens with one attached hydrogen (secondary N) is 2. The van der Waals surface area contributed by atoms with Gasteiger partial charge in [-0.1, -0.05) is 36.4 Å². The maximum Gasteiger partial charge on any atom is 0.173 e. The van der Waals surface area contributed by atoms with Crippen LogP contribution in [0.5, 0.6) is 0 Å². The quantitative estimate of drug-likeness (QED) is 0.796. The lowest BCUT2D eigenvalue weighted by Gasteiger charge is -2.42. The van der Waals surface area contributed by atoms with Crippen LogP contribution in [-0.2, 0) is 0 Å². The second kappa shape index (κ2) is 7.38. The molecule has 0 bridgehead atoms. The van der Waals surface area contributed by atoms with Gasteiger partial charge in [0.15, 0.2) is 5.11 Å². The van der Waals surface area contributed by atoms with Crippen LogP contribution in [0.25, 0.3) is 5.57 Å². The average Bonchev–Trinajstić information content (AvgIpc) is 3.10. The highest BCUT2D eigenvalue weighted by Gasteiger charge is 2.25. The molecule has 134 valence electrons. The third-order valence-corrected chi connectivity index (χ3v) is 5.49. The van der Waals surface area contributed by atoms with E-state index >= 15 is 0 Å². The monoisotopic (exact) mass is 364 g/mol. The van der Waals surface area contributed by atoms with E-state index in [-0.39, 0.29) is 0 Å². The van der Waals surface area contributed by atoms with Gasteiger partial charge in [-0.3, -0.25) is 0 Å². The highest BCUT2D eigenvalue weighted by molar-refractivity contribution is 7.80. The Balaban J connectivity index is 1.38. The summed E-state index contributed by atoms with van der Waals surface area (Å²) in [5.41, 5.74) is 4.98. The Hall–Kier alpha value is -2.53. The fourth-order valence-corrected chi connectivity index (χ4v) is 3.94. The van der Waals surface area contributed by atoms with Crippen molar-refractivity contribution in [1.29, 1.82) is 0 Å².